The van der Waals surface area contributed by atoms with E-state index in [1.54, 1.807) is 52.8 Å². The van der Waals surface area contributed by atoms with Crippen molar-refractivity contribution >= 4 is 17.9 Å². The Balaban J connectivity index is 0.00000561. The van der Waals surface area contributed by atoms with Crippen LogP contribution in [-0.4, -0.2) is 70.9 Å². The number of aliphatic hydroxyl groups is 3. The fourth-order valence-electron chi connectivity index (χ4n) is 12.0. The Kier molecular flexibility index (Phi) is 16.1. The summed E-state index contributed by atoms with van der Waals surface area (Å²) in [6, 6.07) is 0. The van der Waals surface area contributed by atoms with Crippen LogP contribution in [0.5, 0.6) is 0 Å². The van der Waals surface area contributed by atoms with E-state index in [9.17, 15) is 29.7 Å². The van der Waals surface area contributed by atoms with Gasteiger partial charge in [0, 0.05) is 27.5 Å². The molecule has 0 radical (unpaired) electrons. The minimum absolute atomic E-state index is 0. The van der Waals surface area contributed by atoms with Crippen LogP contribution >= 0.6 is 0 Å². The lowest BCUT2D eigenvalue weighted by molar-refractivity contribution is -0.279. The van der Waals surface area contributed by atoms with Crippen LogP contribution in [-0.2, 0) is 28.6 Å². The van der Waals surface area contributed by atoms with E-state index in [4.69, 9.17) is 14.2 Å². The van der Waals surface area contributed by atoms with Crippen molar-refractivity contribution in [2.24, 2.45) is 50.2 Å². The summed E-state index contributed by atoms with van der Waals surface area (Å²) in [7, 11) is 0. The minimum atomic E-state index is -1.30. The van der Waals surface area contributed by atoms with E-state index in [1.165, 1.54) is 0 Å². The van der Waals surface area contributed by atoms with Crippen LogP contribution in [0.25, 0.3) is 0 Å². The van der Waals surface area contributed by atoms with Crippen molar-refractivity contribution in [1.82, 2.24) is 0 Å². The molecule has 3 unspecified atom stereocenters. The summed E-state index contributed by atoms with van der Waals surface area (Å²) in [5.74, 6) is -1.48. The molecule has 57 heavy (non-hydrogen) atoms. The molecule has 0 bridgehead atoms. The van der Waals surface area contributed by atoms with Gasteiger partial charge < -0.3 is 29.5 Å². The van der Waals surface area contributed by atoms with Gasteiger partial charge in [-0.05, 0) is 127 Å². The third-order valence-corrected chi connectivity index (χ3v) is 16.2. The first-order valence-electron chi connectivity index (χ1n) is 20.6. The number of allylic oxidation sites excluding steroid dienone is 4. The number of rotatable bonds is 11. The summed E-state index contributed by atoms with van der Waals surface area (Å²) in [6.45, 7) is 27.7. The number of carbonyl (C=O) groups is 3. The van der Waals surface area contributed by atoms with Crippen LogP contribution in [0, 0.1) is 50.2 Å². The SMILES string of the molecule is C.C.C=CCC1[C@@]2(C)CC[C@H](O)[C@](C)(COC(=O)/C(C)=C/C)C2CC[C@@]1(C)[C@@]1(C)CC2CC(C)(C)[C@@H](OC(=O)/C(C)=C/C)[C@H](O)[C@]2(COC(=O)/C(C)=C/C)[C@H](O)C1. The molecule has 4 aliphatic carbocycles. The summed E-state index contributed by atoms with van der Waals surface area (Å²) in [6.07, 6.45) is 8.46. The van der Waals surface area contributed by atoms with Gasteiger partial charge in [0.15, 0.2) is 0 Å². The van der Waals surface area contributed by atoms with Crippen molar-refractivity contribution in [3.8, 4) is 0 Å². The fourth-order valence-corrected chi connectivity index (χ4v) is 12.0. The molecule has 0 amide bonds. The maximum Gasteiger partial charge on any atom is 0.333 e. The highest BCUT2D eigenvalue weighted by Gasteiger charge is 2.71. The van der Waals surface area contributed by atoms with Gasteiger partial charge >= 0.3 is 17.9 Å². The monoisotopic (exact) mass is 801 g/mol. The predicted octanol–water partition coefficient (Wildman–Crippen LogP) is 9.49. The Morgan fingerprint density at radius 3 is 1.77 bits per heavy atom. The van der Waals surface area contributed by atoms with Crippen molar-refractivity contribution in [3.05, 3.63) is 47.6 Å². The molecule has 0 aromatic rings. The molecule has 0 heterocycles. The van der Waals surface area contributed by atoms with Crippen LogP contribution < -0.4 is 0 Å². The molecular weight excluding hydrogens is 721 g/mol. The Morgan fingerprint density at radius 1 is 0.719 bits per heavy atom. The van der Waals surface area contributed by atoms with Crippen molar-refractivity contribution in [2.75, 3.05) is 13.2 Å². The molecule has 3 N–H and O–H groups in total. The number of aliphatic hydroxyl groups excluding tert-OH is 3. The lowest BCUT2D eigenvalue weighted by Crippen LogP contribution is -2.71. The molecule has 4 fully saturated rings. The lowest BCUT2D eigenvalue weighted by atomic mass is 9.35. The number of esters is 3. The quantitative estimate of drug-likeness (QED) is 0.0807. The zero-order valence-electron chi connectivity index (χ0n) is 35.9. The molecule has 0 spiro atoms. The second kappa shape index (κ2) is 18.3. The standard InChI is InChI=1S/C46H72O9.2CH4/c1-14-18-33-43(11)21-20-34(47)44(12,26-53-38(50)28(5)15-2)32(43)19-22-45(33,13)42(10)24-31-23-41(8,9)37(55-40(52)30(7)17-4)36(49)46(31,35(48)25-42)27-54-39(51)29(6)16-3;;/h14-17,31-37,47-49H,1,18-27H2,2-13H3;2*1H4/b28-15+,29-16+,30-17+;;/t31?,32?,33?,34-,35+,36-,37-,42-,43-,44+,45+,46-;;/m0../s1. The largest absolute Gasteiger partial charge is 0.462 e. The average molecular weight is 801 g/mol. The Hall–Kier alpha value is -2.75. The molecule has 4 saturated carbocycles. The van der Waals surface area contributed by atoms with Gasteiger partial charge in [-0.3, -0.25) is 0 Å². The molecule has 0 aliphatic heterocycles. The number of ether oxygens (including phenoxy) is 3. The highest BCUT2D eigenvalue weighted by atomic mass is 16.6. The zero-order valence-corrected chi connectivity index (χ0v) is 35.9. The minimum Gasteiger partial charge on any atom is -0.462 e. The highest BCUT2D eigenvalue weighted by Crippen LogP contribution is 2.73. The van der Waals surface area contributed by atoms with Crippen LogP contribution in [0.1, 0.15) is 149 Å². The topological polar surface area (TPSA) is 140 Å². The summed E-state index contributed by atoms with van der Waals surface area (Å²) in [5, 5.41) is 36.8. The molecule has 0 aromatic heterocycles. The van der Waals surface area contributed by atoms with Gasteiger partial charge in [0.25, 0.3) is 0 Å². The smallest absolute Gasteiger partial charge is 0.333 e. The molecule has 0 aromatic carbocycles. The van der Waals surface area contributed by atoms with Crippen molar-refractivity contribution < 1.29 is 43.9 Å². The van der Waals surface area contributed by atoms with E-state index < -0.39 is 58.0 Å². The Bertz CT molecular complexity index is 1570. The van der Waals surface area contributed by atoms with E-state index in [1.807, 2.05) is 26.8 Å². The van der Waals surface area contributed by atoms with Crippen molar-refractivity contribution in [3.63, 3.8) is 0 Å². The van der Waals surface area contributed by atoms with Gasteiger partial charge in [0.1, 0.15) is 18.8 Å². The molecule has 4 rings (SSSR count). The predicted molar refractivity (Wildman–Crippen MR) is 228 cm³/mol. The van der Waals surface area contributed by atoms with E-state index in [2.05, 4.69) is 34.3 Å². The van der Waals surface area contributed by atoms with Crippen LogP contribution in [0.3, 0.4) is 0 Å². The third kappa shape index (κ3) is 8.50. The van der Waals surface area contributed by atoms with Crippen LogP contribution in [0.4, 0.5) is 0 Å². The summed E-state index contributed by atoms with van der Waals surface area (Å²) >= 11 is 0. The normalized spacial score (nSPS) is 40.5. The Labute approximate surface area is 345 Å². The number of carbonyl (C=O) groups excluding carboxylic acids is 3. The molecule has 9 nitrogen and oxygen atoms in total. The fraction of sp³-hybridized carbons (Fsp3) is 0.771. The van der Waals surface area contributed by atoms with Crippen molar-refractivity contribution in [2.45, 2.75) is 174 Å². The van der Waals surface area contributed by atoms with Gasteiger partial charge in [0.2, 0.25) is 0 Å². The molecular formula is C48H80O9. The average Bonchev–Trinajstić information content (AvgIpc) is 3.13. The first-order chi connectivity index (χ1) is 25.5. The number of hydrogen-bond donors (Lipinski definition) is 3. The number of fused-ring (bicyclic) bond motifs is 2. The second-order valence-corrected chi connectivity index (χ2v) is 19.5. The van der Waals surface area contributed by atoms with Gasteiger partial charge in [-0.15, -0.1) is 6.58 Å². The molecule has 4 aliphatic rings. The van der Waals surface area contributed by atoms with Crippen LogP contribution in [0.2, 0.25) is 0 Å². The molecule has 9 heteroatoms. The van der Waals surface area contributed by atoms with Gasteiger partial charge in [0.05, 0.1) is 24.2 Å². The first-order valence-corrected chi connectivity index (χ1v) is 20.6. The van der Waals surface area contributed by atoms with E-state index >= 15 is 0 Å². The Morgan fingerprint density at radius 2 is 1.25 bits per heavy atom. The van der Waals surface area contributed by atoms with Gasteiger partial charge in [-0.1, -0.05) is 80.7 Å². The zero-order chi connectivity index (χ0) is 41.5. The molecule has 0 saturated heterocycles. The van der Waals surface area contributed by atoms with E-state index in [0.29, 0.717) is 42.4 Å². The van der Waals surface area contributed by atoms with Gasteiger partial charge in [-0.2, -0.15) is 0 Å². The first kappa shape index (κ1) is 50.4. The maximum absolute atomic E-state index is 13.2. The maximum atomic E-state index is 13.2. The van der Waals surface area contributed by atoms with E-state index in [-0.39, 0.29) is 62.6 Å². The summed E-state index contributed by atoms with van der Waals surface area (Å²) in [4.78, 5) is 39.1. The number of hydrogen-bond acceptors (Lipinski definition) is 9. The van der Waals surface area contributed by atoms with Crippen LogP contribution in [0.15, 0.2) is 47.6 Å². The van der Waals surface area contributed by atoms with Crippen molar-refractivity contribution in [1.29, 1.82) is 0 Å². The highest BCUT2D eigenvalue weighted by molar-refractivity contribution is 5.88. The van der Waals surface area contributed by atoms with Gasteiger partial charge in [-0.25, -0.2) is 14.4 Å². The molecule has 12 atom stereocenters. The molecule has 326 valence electrons. The lowest BCUT2D eigenvalue weighted by Gasteiger charge is -2.70. The summed E-state index contributed by atoms with van der Waals surface area (Å²) in [5.41, 5.74) is -2.16. The summed E-state index contributed by atoms with van der Waals surface area (Å²) < 4.78 is 17.9. The third-order valence-electron chi connectivity index (χ3n) is 16.2. The van der Waals surface area contributed by atoms with E-state index in [0.717, 1.165) is 25.7 Å². The second-order valence-electron chi connectivity index (χ2n) is 19.5.